The summed E-state index contributed by atoms with van der Waals surface area (Å²) >= 11 is 0. The Labute approximate surface area is 104 Å². The van der Waals surface area contributed by atoms with Crippen LogP contribution in [0.5, 0.6) is 0 Å². The molecule has 0 atom stereocenters. The number of amides is 2. The van der Waals surface area contributed by atoms with E-state index in [4.69, 9.17) is 0 Å². The molecule has 0 aromatic carbocycles. The smallest absolute Gasteiger partial charge is 0.282 e. The Morgan fingerprint density at radius 2 is 2.11 bits per heavy atom. The molecule has 0 radical (unpaired) electrons. The third-order valence-electron chi connectivity index (χ3n) is 2.35. The molecule has 0 aliphatic heterocycles. The number of hydrogen-bond acceptors (Lipinski definition) is 3. The number of likely N-dealkylation sites (N-methyl/N-ethyl adjacent to an activating group) is 1. The van der Waals surface area contributed by atoms with Crippen LogP contribution in [0.1, 0.15) is 11.4 Å². The zero-order valence-corrected chi connectivity index (χ0v) is 10.5. The van der Waals surface area contributed by atoms with Gasteiger partial charge in [0.2, 0.25) is 5.91 Å². The van der Waals surface area contributed by atoms with Crippen molar-refractivity contribution in [2.24, 2.45) is 0 Å². The lowest BCUT2D eigenvalue weighted by Crippen LogP contribution is -2.35. The van der Waals surface area contributed by atoms with E-state index in [2.05, 4.69) is 22.1 Å². The number of carbonyl (C=O) groups is 2. The second kappa shape index (κ2) is 5.44. The zero-order chi connectivity index (χ0) is 13.9. The van der Waals surface area contributed by atoms with Gasteiger partial charge in [-0.1, -0.05) is 6.58 Å². The van der Waals surface area contributed by atoms with Crippen molar-refractivity contribution in [3.63, 3.8) is 0 Å². The van der Waals surface area contributed by atoms with Gasteiger partial charge in [-0.25, -0.2) is 4.39 Å². The molecular formula is C11H15FN4O2. The van der Waals surface area contributed by atoms with Crippen molar-refractivity contribution >= 4 is 17.5 Å². The lowest BCUT2D eigenvalue weighted by Gasteiger charge is -2.15. The molecule has 98 valence electrons. The van der Waals surface area contributed by atoms with Crippen LogP contribution in [0.4, 0.5) is 10.1 Å². The standard InChI is InChI=1S/C11H15FN4O2/c1-6(12)11(18)16(4)5-9(17)13-10-7(2)14-15-8(10)3/h1,5H2,2-4H3,(H,13,17)(H,14,15). The SMILES string of the molecule is C=C(F)C(=O)N(C)CC(=O)Nc1c(C)n[nH]c1C. The summed E-state index contributed by atoms with van der Waals surface area (Å²) in [5.74, 6) is -2.44. The van der Waals surface area contributed by atoms with E-state index in [0.29, 0.717) is 17.1 Å². The molecule has 0 spiro atoms. The van der Waals surface area contributed by atoms with Crippen LogP contribution >= 0.6 is 0 Å². The van der Waals surface area contributed by atoms with Crippen LogP contribution in [-0.4, -0.2) is 40.5 Å². The summed E-state index contributed by atoms with van der Waals surface area (Å²) in [4.78, 5) is 23.8. The molecule has 0 aliphatic rings. The van der Waals surface area contributed by atoms with Crippen molar-refractivity contribution in [3.8, 4) is 0 Å². The van der Waals surface area contributed by atoms with Crippen molar-refractivity contribution in [1.82, 2.24) is 15.1 Å². The fraction of sp³-hybridized carbons (Fsp3) is 0.364. The average molecular weight is 254 g/mol. The molecular weight excluding hydrogens is 239 g/mol. The molecule has 0 bridgehead atoms. The molecule has 1 rings (SSSR count). The highest BCUT2D eigenvalue weighted by Crippen LogP contribution is 2.15. The second-order valence-corrected chi connectivity index (χ2v) is 3.92. The number of anilines is 1. The molecule has 2 amide bonds. The molecule has 0 fully saturated rings. The normalized spacial score (nSPS) is 10.0. The van der Waals surface area contributed by atoms with Gasteiger partial charge in [-0.3, -0.25) is 14.7 Å². The van der Waals surface area contributed by atoms with Crippen LogP contribution in [0, 0.1) is 13.8 Å². The van der Waals surface area contributed by atoms with Crippen LogP contribution in [-0.2, 0) is 9.59 Å². The van der Waals surface area contributed by atoms with Gasteiger partial charge in [0, 0.05) is 7.05 Å². The molecule has 0 unspecified atom stereocenters. The van der Waals surface area contributed by atoms with Gasteiger partial charge in [0.25, 0.3) is 5.91 Å². The molecule has 0 saturated carbocycles. The minimum absolute atomic E-state index is 0.258. The first kappa shape index (κ1) is 13.9. The quantitative estimate of drug-likeness (QED) is 0.784. The first-order valence-corrected chi connectivity index (χ1v) is 5.24. The topological polar surface area (TPSA) is 78.1 Å². The van der Waals surface area contributed by atoms with E-state index in [0.717, 1.165) is 4.90 Å². The van der Waals surface area contributed by atoms with E-state index in [1.165, 1.54) is 7.05 Å². The van der Waals surface area contributed by atoms with Gasteiger partial charge in [-0.15, -0.1) is 0 Å². The Kier molecular flexibility index (Phi) is 4.19. The summed E-state index contributed by atoms with van der Waals surface area (Å²) in [7, 11) is 1.32. The number of aromatic nitrogens is 2. The molecule has 1 heterocycles. The summed E-state index contributed by atoms with van der Waals surface area (Å²) in [5.41, 5.74) is 1.93. The van der Waals surface area contributed by atoms with Gasteiger partial charge in [0.15, 0.2) is 5.83 Å². The zero-order valence-electron chi connectivity index (χ0n) is 10.5. The van der Waals surface area contributed by atoms with Gasteiger partial charge >= 0.3 is 0 Å². The van der Waals surface area contributed by atoms with Gasteiger partial charge in [0.1, 0.15) is 0 Å². The number of aromatic amines is 1. The Balaban J connectivity index is 2.63. The summed E-state index contributed by atoms with van der Waals surface area (Å²) < 4.78 is 12.6. The molecule has 2 N–H and O–H groups in total. The van der Waals surface area contributed by atoms with Crippen LogP contribution < -0.4 is 5.32 Å². The fourth-order valence-electron chi connectivity index (χ4n) is 1.41. The van der Waals surface area contributed by atoms with E-state index >= 15 is 0 Å². The molecule has 0 aliphatic carbocycles. The number of rotatable bonds is 4. The van der Waals surface area contributed by atoms with Crippen LogP contribution in [0.2, 0.25) is 0 Å². The fourth-order valence-corrected chi connectivity index (χ4v) is 1.41. The van der Waals surface area contributed by atoms with E-state index in [9.17, 15) is 14.0 Å². The van der Waals surface area contributed by atoms with Crippen molar-refractivity contribution in [2.75, 3.05) is 18.9 Å². The first-order valence-electron chi connectivity index (χ1n) is 5.24. The number of halogens is 1. The van der Waals surface area contributed by atoms with Crippen molar-refractivity contribution in [2.45, 2.75) is 13.8 Å². The summed E-state index contributed by atoms with van der Waals surface area (Å²) in [6, 6.07) is 0. The second-order valence-electron chi connectivity index (χ2n) is 3.92. The predicted molar refractivity (Wildman–Crippen MR) is 64.6 cm³/mol. The molecule has 7 heteroatoms. The van der Waals surface area contributed by atoms with Crippen molar-refractivity contribution in [1.29, 1.82) is 0 Å². The Bertz CT molecular complexity index is 476. The number of nitrogens with zero attached hydrogens (tertiary/aromatic N) is 2. The Morgan fingerprint density at radius 3 is 2.56 bits per heavy atom. The van der Waals surface area contributed by atoms with E-state index in [-0.39, 0.29) is 6.54 Å². The molecule has 1 aromatic heterocycles. The molecule has 6 nitrogen and oxygen atoms in total. The van der Waals surface area contributed by atoms with E-state index in [1.807, 2.05) is 0 Å². The number of hydrogen-bond donors (Lipinski definition) is 2. The third-order valence-corrected chi connectivity index (χ3v) is 2.35. The minimum Gasteiger partial charge on any atom is -0.330 e. The maximum Gasteiger partial charge on any atom is 0.282 e. The van der Waals surface area contributed by atoms with Gasteiger partial charge < -0.3 is 10.2 Å². The minimum atomic E-state index is -1.10. The summed E-state index contributed by atoms with van der Waals surface area (Å²) in [6.07, 6.45) is 0. The van der Waals surface area contributed by atoms with Crippen molar-refractivity contribution in [3.05, 3.63) is 23.8 Å². The number of H-pyrrole nitrogens is 1. The maximum absolute atomic E-state index is 12.6. The monoisotopic (exact) mass is 254 g/mol. The van der Waals surface area contributed by atoms with Gasteiger partial charge in [0.05, 0.1) is 23.6 Å². The van der Waals surface area contributed by atoms with E-state index in [1.54, 1.807) is 13.8 Å². The predicted octanol–water partition coefficient (Wildman–Crippen LogP) is 0.907. The molecule has 0 saturated heterocycles. The van der Waals surface area contributed by atoms with Crippen molar-refractivity contribution < 1.29 is 14.0 Å². The summed E-state index contributed by atoms with van der Waals surface area (Å²) in [6.45, 7) is 6.12. The highest BCUT2D eigenvalue weighted by atomic mass is 19.1. The lowest BCUT2D eigenvalue weighted by atomic mass is 10.3. The average Bonchev–Trinajstić information content (AvgIpc) is 2.59. The number of carbonyl (C=O) groups excluding carboxylic acids is 2. The van der Waals surface area contributed by atoms with Crippen LogP contribution in [0.15, 0.2) is 12.4 Å². The number of aryl methyl sites for hydroxylation is 2. The molecule has 1 aromatic rings. The summed E-state index contributed by atoms with van der Waals surface area (Å²) in [5, 5.41) is 9.24. The largest absolute Gasteiger partial charge is 0.330 e. The highest BCUT2D eigenvalue weighted by Gasteiger charge is 2.17. The van der Waals surface area contributed by atoms with E-state index < -0.39 is 17.6 Å². The molecule has 18 heavy (non-hydrogen) atoms. The van der Waals surface area contributed by atoms with Crippen LogP contribution in [0.25, 0.3) is 0 Å². The first-order chi connectivity index (χ1) is 8.32. The Morgan fingerprint density at radius 1 is 1.50 bits per heavy atom. The lowest BCUT2D eigenvalue weighted by molar-refractivity contribution is -0.131. The van der Waals surface area contributed by atoms with Gasteiger partial charge in [-0.05, 0) is 13.8 Å². The maximum atomic E-state index is 12.6. The van der Waals surface area contributed by atoms with Gasteiger partial charge in [-0.2, -0.15) is 5.10 Å². The number of nitrogens with one attached hydrogen (secondary N) is 2. The third kappa shape index (κ3) is 3.16. The van der Waals surface area contributed by atoms with Crippen LogP contribution in [0.3, 0.4) is 0 Å². The Hall–Kier alpha value is -2.18. The highest BCUT2D eigenvalue weighted by molar-refractivity contribution is 5.98.